The first-order chi connectivity index (χ1) is 12.5. The van der Waals surface area contributed by atoms with Crippen LogP contribution < -0.4 is 0 Å². The maximum atomic E-state index is 13.9. The number of hydrogen-bond donors (Lipinski definition) is 2. The van der Waals surface area contributed by atoms with E-state index in [1.807, 2.05) is 24.3 Å². The number of allylic oxidation sites excluding steroid dienone is 1. The van der Waals surface area contributed by atoms with Crippen molar-refractivity contribution in [2.75, 3.05) is 0 Å². The Bertz CT molecular complexity index is 855. The fraction of sp³-hybridized carbons (Fsp3) is 0.227. The van der Waals surface area contributed by atoms with Crippen molar-refractivity contribution in [1.29, 1.82) is 0 Å². The van der Waals surface area contributed by atoms with Crippen molar-refractivity contribution in [2.24, 2.45) is 0 Å². The first kappa shape index (κ1) is 17.9. The molecule has 0 bridgehead atoms. The summed E-state index contributed by atoms with van der Waals surface area (Å²) in [5, 5.41) is 18.2. The van der Waals surface area contributed by atoms with Gasteiger partial charge in [-0.05, 0) is 66.2 Å². The molecule has 1 fully saturated rings. The number of aromatic hydroxyl groups is 1. The maximum Gasteiger partial charge on any atom is 0.328 e. The fourth-order valence-electron chi connectivity index (χ4n) is 3.39. The van der Waals surface area contributed by atoms with Gasteiger partial charge in [0.05, 0.1) is 0 Å². The summed E-state index contributed by atoms with van der Waals surface area (Å²) in [4.78, 5) is 10.6. The van der Waals surface area contributed by atoms with Gasteiger partial charge in [0.2, 0.25) is 0 Å². The highest BCUT2D eigenvalue weighted by atomic mass is 19.1. The Morgan fingerprint density at radius 3 is 2.23 bits per heavy atom. The van der Waals surface area contributed by atoms with E-state index in [0.29, 0.717) is 0 Å². The SMILES string of the molecule is O=C(O)C=Cc1ccc(C(=C2CCCCC2)c2ccc(O)c(F)c2)cc1. The molecule has 0 aliphatic heterocycles. The van der Waals surface area contributed by atoms with E-state index in [0.717, 1.165) is 54.0 Å². The summed E-state index contributed by atoms with van der Waals surface area (Å²) in [5.41, 5.74) is 4.83. The zero-order valence-corrected chi connectivity index (χ0v) is 14.4. The van der Waals surface area contributed by atoms with Crippen molar-refractivity contribution in [1.82, 2.24) is 0 Å². The van der Waals surface area contributed by atoms with Crippen LogP contribution in [0.4, 0.5) is 4.39 Å². The summed E-state index contributed by atoms with van der Waals surface area (Å²) in [6, 6.07) is 12.1. The Balaban J connectivity index is 2.03. The molecule has 0 radical (unpaired) electrons. The zero-order valence-electron chi connectivity index (χ0n) is 14.4. The molecule has 3 nitrogen and oxygen atoms in total. The number of phenolic OH excluding ortho intramolecular Hbond substituents is 1. The van der Waals surface area contributed by atoms with Gasteiger partial charge in [0.15, 0.2) is 11.6 Å². The quantitative estimate of drug-likeness (QED) is 0.725. The monoisotopic (exact) mass is 352 g/mol. The van der Waals surface area contributed by atoms with E-state index in [1.165, 1.54) is 24.1 Å². The number of carboxylic acids is 1. The van der Waals surface area contributed by atoms with Gasteiger partial charge in [-0.2, -0.15) is 0 Å². The van der Waals surface area contributed by atoms with Crippen LogP contribution in [-0.4, -0.2) is 16.2 Å². The minimum Gasteiger partial charge on any atom is -0.505 e. The summed E-state index contributed by atoms with van der Waals surface area (Å²) in [5.74, 6) is -1.97. The number of aliphatic carboxylic acids is 1. The van der Waals surface area contributed by atoms with Crippen LogP contribution in [0.3, 0.4) is 0 Å². The van der Waals surface area contributed by atoms with E-state index < -0.39 is 11.8 Å². The third-order valence-corrected chi connectivity index (χ3v) is 4.66. The van der Waals surface area contributed by atoms with E-state index in [4.69, 9.17) is 5.11 Å². The van der Waals surface area contributed by atoms with E-state index in [2.05, 4.69) is 0 Å². The molecule has 1 aliphatic rings. The van der Waals surface area contributed by atoms with Crippen molar-refractivity contribution < 1.29 is 19.4 Å². The van der Waals surface area contributed by atoms with Crippen LogP contribution in [0.1, 0.15) is 48.8 Å². The topological polar surface area (TPSA) is 57.5 Å². The van der Waals surface area contributed by atoms with Crippen LogP contribution in [-0.2, 0) is 4.79 Å². The predicted octanol–water partition coefficient (Wildman–Crippen LogP) is 5.40. The van der Waals surface area contributed by atoms with Gasteiger partial charge < -0.3 is 10.2 Å². The standard InChI is InChI=1S/C22H21FO3/c23-19-14-18(11-12-20(19)24)22(16-4-2-1-3-5-16)17-9-6-15(7-10-17)8-13-21(25)26/h6-14,24H,1-5H2,(H,25,26). The lowest BCUT2D eigenvalue weighted by molar-refractivity contribution is -0.131. The Labute approximate surface area is 152 Å². The summed E-state index contributed by atoms with van der Waals surface area (Å²) >= 11 is 0. The fourth-order valence-corrected chi connectivity index (χ4v) is 3.39. The lowest BCUT2D eigenvalue weighted by Gasteiger charge is -2.20. The Kier molecular flexibility index (Phi) is 5.52. The molecule has 0 heterocycles. The number of hydrogen-bond acceptors (Lipinski definition) is 2. The molecule has 0 saturated heterocycles. The second-order valence-corrected chi connectivity index (χ2v) is 6.50. The summed E-state index contributed by atoms with van der Waals surface area (Å²) in [6.45, 7) is 0. The molecule has 134 valence electrons. The van der Waals surface area contributed by atoms with Crippen molar-refractivity contribution in [2.45, 2.75) is 32.1 Å². The first-order valence-electron chi connectivity index (χ1n) is 8.77. The number of carbonyl (C=O) groups is 1. The van der Waals surface area contributed by atoms with Gasteiger partial charge >= 0.3 is 5.97 Å². The van der Waals surface area contributed by atoms with Gasteiger partial charge in [0.1, 0.15) is 0 Å². The largest absolute Gasteiger partial charge is 0.505 e. The van der Waals surface area contributed by atoms with Crippen LogP contribution in [0.25, 0.3) is 11.6 Å². The molecule has 0 amide bonds. The molecule has 4 heteroatoms. The van der Waals surface area contributed by atoms with Crippen molar-refractivity contribution in [3.63, 3.8) is 0 Å². The molecular formula is C22H21FO3. The number of carboxylic acid groups (broad SMARTS) is 1. The second kappa shape index (κ2) is 8.00. The van der Waals surface area contributed by atoms with Crippen LogP contribution in [0.5, 0.6) is 5.75 Å². The molecule has 3 rings (SSSR count). The average Bonchev–Trinajstić information content (AvgIpc) is 2.65. The van der Waals surface area contributed by atoms with E-state index >= 15 is 0 Å². The van der Waals surface area contributed by atoms with E-state index in [-0.39, 0.29) is 5.75 Å². The minimum absolute atomic E-state index is 0.351. The second-order valence-electron chi connectivity index (χ2n) is 6.50. The van der Waals surface area contributed by atoms with Crippen LogP contribution in [0.2, 0.25) is 0 Å². The highest BCUT2D eigenvalue weighted by Crippen LogP contribution is 2.36. The van der Waals surface area contributed by atoms with Crippen LogP contribution in [0.15, 0.2) is 54.1 Å². The lowest BCUT2D eigenvalue weighted by atomic mass is 9.85. The highest BCUT2D eigenvalue weighted by molar-refractivity contribution is 5.86. The number of phenols is 1. The van der Waals surface area contributed by atoms with Gasteiger partial charge in [-0.15, -0.1) is 0 Å². The molecular weight excluding hydrogens is 331 g/mol. The third kappa shape index (κ3) is 4.20. The van der Waals surface area contributed by atoms with Crippen molar-refractivity contribution in [3.8, 4) is 5.75 Å². The molecule has 2 N–H and O–H groups in total. The van der Waals surface area contributed by atoms with Gasteiger partial charge in [0, 0.05) is 6.08 Å². The van der Waals surface area contributed by atoms with Crippen LogP contribution >= 0.6 is 0 Å². The molecule has 0 unspecified atom stereocenters. The molecule has 1 saturated carbocycles. The summed E-state index contributed by atoms with van der Waals surface area (Å²) < 4.78 is 13.9. The number of benzene rings is 2. The average molecular weight is 352 g/mol. The smallest absolute Gasteiger partial charge is 0.328 e. The van der Waals surface area contributed by atoms with Gasteiger partial charge in [0.25, 0.3) is 0 Å². The molecule has 0 aromatic heterocycles. The highest BCUT2D eigenvalue weighted by Gasteiger charge is 2.16. The summed E-state index contributed by atoms with van der Waals surface area (Å²) in [6.07, 6.45) is 8.07. The zero-order chi connectivity index (χ0) is 18.5. The summed E-state index contributed by atoms with van der Waals surface area (Å²) in [7, 11) is 0. The van der Waals surface area contributed by atoms with E-state index in [1.54, 1.807) is 12.1 Å². The normalized spacial score (nSPS) is 14.6. The van der Waals surface area contributed by atoms with Crippen molar-refractivity contribution in [3.05, 3.63) is 76.6 Å². The van der Waals surface area contributed by atoms with Gasteiger partial charge in [-0.1, -0.05) is 42.3 Å². The minimum atomic E-state index is -0.987. The van der Waals surface area contributed by atoms with Crippen LogP contribution in [0, 0.1) is 5.82 Å². The maximum absolute atomic E-state index is 13.9. The Hall–Kier alpha value is -2.88. The molecule has 1 aliphatic carbocycles. The van der Waals surface area contributed by atoms with Gasteiger partial charge in [-0.3, -0.25) is 0 Å². The number of halogens is 1. The predicted molar refractivity (Wildman–Crippen MR) is 100 cm³/mol. The molecule has 2 aromatic carbocycles. The third-order valence-electron chi connectivity index (χ3n) is 4.66. The Morgan fingerprint density at radius 1 is 0.962 bits per heavy atom. The molecule has 0 spiro atoms. The molecule has 2 aromatic rings. The number of rotatable bonds is 4. The lowest BCUT2D eigenvalue weighted by Crippen LogP contribution is -2.01. The Morgan fingerprint density at radius 2 is 1.62 bits per heavy atom. The van der Waals surface area contributed by atoms with Gasteiger partial charge in [-0.25, -0.2) is 9.18 Å². The van der Waals surface area contributed by atoms with E-state index in [9.17, 15) is 14.3 Å². The molecule has 0 atom stereocenters. The first-order valence-corrected chi connectivity index (χ1v) is 8.77. The molecule has 26 heavy (non-hydrogen) atoms. The van der Waals surface area contributed by atoms with Crippen molar-refractivity contribution >= 4 is 17.6 Å².